The number of nitrogens with zero attached hydrogens (tertiary/aromatic N) is 1. The van der Waals surface area contributed by atoms with Gasteiger partial charge in [0.2, 0.25) is 0 Å². The van der Waals surface area contributed by atoms with Crippen LogP contribution in [-0.2, 0) is 12.8 Å². The lowest BCUT2D eigenvalue weighted by Gasteiger charge is -2.12. The first-order valence-corrected chi connectivity index (χ1v) is 8.90. The molecule has 0 saturated heterocycles. The zero-order chi connectivity index (χ0) is 16.4. The number of rotatable bonds is 1. The van der Waals surface area contributed by atoms with Crippen LogP contribution in [-0.4, -0.2) is 4.57 Å². The van der Waals surface area contributed by atoms with Crippen molar-refractivity contribution in [1.82, 2.24) is 4.57 Å². The van der Waals surface area contributed by atoms with Crippen LogP contribution in [0.5, 0.6) is 0 Å². The average Bonchev–Trinajstić information content (AvgIpc) is 3.29. The first-order valence-electron chi connectivity index (χ1n) is 8.90. The van der Waals surface area contributed by atoms with E-state index < -0.39 is 0 Å². The molecule has 1 heteroatoms. The van der Waals surface area contributed by atoms with Crippen molar-refractivity contribution < 1.29 is 0 Å². The van der Waals surface area contributed by atoms with Gasteiger partial charge in [-0.2, -0.15) is 0 Å². The Morgan fingerprint density at radius 1 is 0.520 bits per heavy atom. The van der Waals surface area contributed by atoms with Crippen LogP contribution in [0, 0.1) is 0 Å². The summed E-state index contributed by atoms with van der Waals surface area (Å²) in [6, 6.07) is 28.6. The summed E-state index contributed by atoms with van der Waals surface area (Å²) in [5.74, 6) is 0. The Kier molecular flexibility index (Phi) is 2.51. The lowest BCUT2D eigenvalue weighted by Crippen LogP contribution is -2.03. The molecule has 2 aliphatic carbocycles. The molecule has 6 rings (SSSR count). The van der Waals surface area contributed by atoms with E-state index in [-0.39, 0.29) is 0 Å². The lowest BCUT2D eigenvalue weighted by molar-refractivity contribution is 0.912. The molecule has 0 atom stereocenters. The topological polar surface area (TPSA) is 4.93 Å². The van der Waals surface area contributed by atoms with Crippen LogP contribution in [0.2, 0.25) is 0 Å². The van der Waals surface area contributed by atoms with Crippen molar-refractivity contribution in [3.63, 3.8) is 0 Å². The minimum absolute atomic E-state index is 1.02. The van der Waals surface area contributed by atoms with E-state index in [0.717, 1.165) is 12.8 Å². The van der Waals surface area contributed by atoms with Crippen molar-refractivity contribution in [3.05, 3.63) is 101 Å². The summed E-state index contributed by atoms with van der Waals surface area (Å²) in [4.78, 5) is 0. The van der Waals surface area contributed by atoms with Crippen LogP contribution in [0.25, 0.3) is 27.9 Å². The van der Waals surface area contributed by atoms with E-state index >= 15 is 0 Å². The molecule has 0 bridgehead atoms. The molecule has 0 aliphatic heterocycles. The first kappa shape index (κ1) is 13.3. The lowest BCUT2D eigenvalue weighted by atomic mass is 9.99. The fourth-order valence-electron chi connectivity index (χ4n) is 4.68. The Morgan fingerprint density at radius 3 is 1.56 bits per heavy atom. The highest BCUT2D eigenvalue weighted by atomic mass is 15.0. The minimum Gasteiger partial charge on any atom is -0.316 e. The summed E-state index contributed by atoms with van der Waals surface area (Å²) in [5, 5.41) is 0. The first-order chi connectivity index (χ1) is 12.4. The van der Waals surface area contributed by atoms with Crippen LogP contribution < -0.4 is 0 Å². The molecule has 118 valence electrons. The fraction of sp³-hybridized carbons (Fsp3) is 0.0833. The van der Waals surface area contributed by atoms with Gasteiger partial charge in [0.15, 0.2) is 0 Å². The monoisotopic (exact) mass is 319 g/mol. The van der Waals surface area contributed by atoms with E-state index in [1.165, 1.54) is 50.5 Å². The van der Waals surface area contributed by atoms with Gasteiger partial charge in [-0.15, -0.1) is 0 Å². The molecular formula is C24H17N. The van der Waals surface area contributed by atoms with Gasteiger partial charge in [-0.25, -0.2) is 0 Å². The standard InChI is InChI=1S/C24H17N/c1-2-10-18(11-3-1)25-21-14-16-8-4-6-12-19(16)23(21)24-20-13-7-5-9-17(20)15-22(24)25/h1-13H,14-15H2. The molecule has 0 amide bonds. The summed E-state index contributed by atoms with van der Waals surface area (Å²) in [5.41, 5.74) is 12.8. The van der Waals surface area contributed by atoms with Gasteiger partial charge in [0.1, 0.15) is 0 Å². The molecule has 0 spiro atoms. The maximum Gasteiger partial charge on any atom is 0.0455 e. The van der Waals surface area contributed by atoms with Crippen molar-refractivity contribution in [2.24, 2.45) is 0 Å². The van der Waals surface area contributed by atoms with E-state index in [1.54, 1.807) is 0 Å². The molecule has 1 heterocycles. The zero-order valence-corrected chi connectivity index (χ0v) is 13.9. The number of fused-ring (bicyclic) bond motifs is 7. The number of hydrogen-bond donors (Lipinski definition) is 0. The third-order valence-corrected chi connectivity index (χ3v) is 5.67. The van der Waals surface area contributed by atoms with Crippen molar-refractivity contribution in [2.75, 3.05) is 0 Å². The van der Waals surface area contributed by atoms with Gasteiger partial charge in [0.25, 0.3) is 0 Å². The van der Waals surface area contributed by atoms with Gasteiger partial charge in [-0.05, 0) is 34.4 Å². The predicted molar refractivity (Wildman–Crippen MR) is 102 cm³/mol. The van der Waals surface area contributed by atoms with E-state index in [9.17, 15) is 0 Å². The third kappa shape index (κ3) is 1.68. The Morgan fingerprint density at radius 2 is 1.00 bits per heavy atom. The predicted octanol–water partition coefficient (Wildman–Crippen LogP) is 5.62. The summed E-state index contributed by atoms with van der Waals surface area (Å²) in [7, 11) is 0. The second-order valence-corrected chi connectivity index (χ2v) is 6.98. The molecule has 0 fully saturated rings. The average molecular weight is 319 g/mol. The van der Waals surface area contributed by atoms with Gasteiger partial charge < -0.3 is 4.57 Å². The smallest absolute Gasteiger partial charge is 0.0455 e. The van der Waals surface area contributed by atoms with Gasteiger partial charge >= 0.3 is 0 Å². The van der Waals surface area contributed by atoms with Crippen LogP contribution in [0.3, 0.4) is 0 Å². The summed E-state index contributed by atoms with van der Waals surface area (Å²) in [6.45, 7) is 0. The van der Waals surface area contributed by atoms with E-state index in [0.29, 0.717) is 0 Å². The highest BCUT2D eigenvalue weighted by Gasteiger charge is 2.34. The van der Waals surface area contributed by atoms with E-state index in [4.69, 9.17) is 0 Å². The van der Waals surface area contributed by atoms with E-state index in [2.05, 4.69) is 83.4 Å². The number of aromatic nitrogens is 1. The SMILES string of the molecule is c1ccc(-n2c3c(c4c2Cc2ccccc2-4)-c2ccccc2C3)cc1. The molecule has 0 saturated carbocycles. The second kappa shape index (κ2) is 4.73. The van der Waals surface area contributed by atoms with Crippen molar-refractivity contribution in [3.8, 4) is 27.9 Å². The molecule has 0 unspecified atom stereocenters. The second-order valence-electron chi connectivity index (χ2n) is 6.98. The molecule has 0 radical (unpaired) electrons. The van der Waals surface area contributed by atoms with Crippen LogP contribution >= 0.6 is 0 Å². The normalized spacial score (nSPS) is 13.3. The molecule has 3 aromatic carbocycles. The molecule has 25 heavy (non-hydrogen) atoms. The number of hydrogen-bond acceptors (Lipinski definition) is 0. The molecule has 1 nitrogen and oxygen atoms in total. The summed E-state index contributed by atoms with van der Waals surface area (Å²) in [6.07, 6.45) is 2.05. The fourth-order valence-corrected chi connectivity index (χ4v) is 4.68. The van der Waals surface area contributed by atoms with E-state index in [1.807, 2.05) is 0 Å². The van der Waals surface area contributed by atoms with Gasteiger partial charge in [-0.3, -0.25) is 0 Å². The van der Waals surface area contributed by atoms with Gasteiger partial charge in [-0.1, -0.05) is 66.7 Å². The number of para-hydroxylation sites is 1. The third-order valence-electron chi connectivity index (χ3n) is 5.67. The highest BCUT2D eigenvalue weighted by Crippen LogP contribution is 2.51. The Bertz CT molecular complexity index is 1060. The van der Waals surface area contributed by atoms with Crippen molar-refractivity contribution in [2.45, 2.75) is 12.8 Å². The Labute approximate surface area is 147 Å². The molecule has 2 aliphatic rings. The van der Waals surface area contributed by atoms with Gasteiger partial charge in [0.05, 0.1) is 0 Å². The van der Waals surface area contributed by atoms with Crippen LogP contribution in [0.4, 0.5) is 0 Å². The maximum absolute atomic E-state index is 2.52. The molecular weight excluding hydrogens is 302 g/mol. The Balaban J connectivity index is 1.74. The summed E-state index contributed by atoms with van der Waals surface area (Å²) < 4.78 is 2.52. The quantitative estimate of drug-likeness (QED) is 0.371. The highest BCUT2D eigenvalue weighted by molar-refractivity contribution is 5.96. The van der Waals surface area contributed by atoms with Gasteiger partial charge in [0, 0.05) is 41.0 Å². The van der Waals surface area contributed by atoms with Crippen molar-refractivity contribution in [1.29, 1.82) is 0 Å². The Hall–Kier alpha value is -3.06. The summed E-state index contributed by atoms with van der Waals surface area (Å²) >= 11 is 0. The molecule has 4 aromatic rings. The largest absolute Gasteiger partial charge is 0.316 e. The molecule has 0 N–H and O–H groups in total. The molecule has 1 aromatic heterocycles. The maximum atomic E-state index is 2.52. The van der Waals surface area contributed by atoms with Crippen LogP contribution in [0.15, 0.2) is 78.9 Å². The van der Waals surface area contributed by atoms with Crippen molar-refractivity contribution >= 4 is 0 Å². The van der Waals surface area contributed by atoms with Crippen LogP contribution in [0.1, 0.15) is 22.5 Å². The zero-order valence-electron chi connectivity index (χ0n) is 13.9. The minimum atomic E-state index is 1.02. The number of benzene rings is 3.